The van der Waals surface area contributed by atoms with E-state index in [1.165, 1.54) is 0 Å². The molecule has 0 aliphatic rings. The number of aromatic nitrogens is 4. The number of aryl methyl sites for hydroxylation is 1. The fourth-order valence-electron chi connectivity index (χ4n) is 2.72. The van der Waals surface area contributed by atoms with Crippen molar-refractivity contribution in [3.8, 4) is 5.82 Å². The number of rotatable bonds is 5. The number of benzene rings is 2. The minimum absolute atomic E-state index is 0.141. The molecule has 0 atom stereocenters. The summed E-state index contributed by atoms with van der Waals surface area (Å²) in [5, 5.41) is 6.15. The Morgan fingerprint density at radius 1 is 0.964 bits per heavy atom. The second-order valence-corrected chi connectivity index (χ2v) is 6.15. The molecule has 0 saturated heterocycles. The van der Waals surface area contributed by atoms with Crippen molar-refractivity contribution in [3.05, 3.63) is 90.8 Å². The first-order chi connectivity index (χ1) is 13.7. The van der Waals surface area contributed by atoms with Crippen molar-refractivity contribution in [1.82, 2.24) is 19.5 Å². The maximum absolute atomic E-state index is 12.2. The fourth-order valence-corrected chi connectivity index (χ4v) is 2.72. The van der Waals surface area contributed by atoms with Gasteiger partial charge in [-0.25, -0.2) is 15.0 Å². The number of amides is 1. The number of nitrogens with zero attached hydrogens (tertiary/aromatic N) is 4. The molecule has 7 nitrogen and oxygen atoms in total. The molecule has 0 spiro atoms. The van der Waals surface area contributed by atoms with Crippen LogP contribution in [-0.2, 0) is 0 Å². The predicted molar refractivity (Wildman–Crippen MR) is 108 cm³/mol. The normalized spacial score (nSPS) is 10.5. The number of nitrogens with one attached hydrogen (secondary N) is 2. The molecule has 0 unspecified atom stereocenters. The Morgan fingerprint density at radius 3 is 2.43 bits per heavy atom. The molecule has 0 saturated carbocycles. The molecular weight excluding hydrogens is 352 g/mol. The van der Waals surface area contributed by atoms with E-state index in [1.54, 1.807) is 24.7 Å². The van der Waals surface area contributed by atoms with Crippen molar-refractivity contribution in [2.45, 2.75) is 6.92 Å². The molecule has 0 aliphatic carbocycles. The molecule has 1 amide bonds. The zero-order valence-corrected chi connectivity index (χ0v) is 15.2. The summed E-state index contributed by atoms with van der Waals surface area (Å²) in [4.78, 5) is 25.1. The quantitative estimate of drug-likeness (QED) is 0.555. The summed E-state index contributed by atoms with van der Waals surface area (Å²) in [5.74, 6) is 1.93. The van der Waals surface area contributed by atoms with Gasteiger partial charge < -0.3 is 10.6 Å². The van der Waals surface area contributed by atoms with Crippen molar-refractivity contribution in [3.63, 3.8) is 0 Å². The lowest BCUT2D eigenvalue weighted by atomic mass is 10.2. The summed E-state index contributed by atoms with van der Waals surface area (Å²) in [6.07, 6.45) is 5.22. The van der Waals surface area contributed by atoms with Gasteiger partial charge in [-0.1, -0.05) is 18.2 Å². The summed E-state index contributed by atoms with van der Waals surface area (Å²) in [6, 6.07) is 18.4. The van der Waals surface area contributed by atoms with E-state index in [1.807, 2.05) is 66.2 Å². The van der Waals surface area contributed by atoms with Gasteiger partial charge in [-0.15, -0.1) is 0 Å². The summed E-state index contributed by atoms with van der Waals surface area (Å²) in [6.45, 7) is 1.84. The van der Waals surface area contributed by atoms with Gasteiger partial charge in [0.15, 0.2) is 0 Å². The summed E-state index contributed by atoms with van der Waals surface area (Å²) in [7, 11) is 0. The lowest BCUT2D eigenvalue weighted by molar-refractivity contribution is 0.102. The molecule has 2 aromatic carbocycles. The molecule has 2 aromatic heterocycles. The Bertz CT molecular complexity index is 1080. The van der Waals surface area contributed by atoms with Crippen molar-refractivity contribution in [2.75, 3.05) is 10.6 Å². The highest BCUT2D eigenvalue weighted by Gasteiger charge is 2.06. The number of imidazole rings is 1. The van der Waals surface area contributed by atoms with Gasteiger partial charge in [0.2, 0.25) is 0 Å². The van der Waals surface area contributed by atoms with Crippen LogP contribution in [0.25, 0.3) is 5.82 Å². The zero-order valence-electron chi connectivity index (χ0n) is 15.2. The minimum Gasteiger partial charge on any atom is -0.340 e. The summed E-state index contributed by atoms with van der Waals surface area (Å²) < 4.78 is 1.82. The van der Waals surface area contributed by atoms with Gasteiger partial charge in [0.25, 0.3) is 5.91 Å². The van der Waals surface area contributed by atoms with Gasteiger partial charge >= 0.3 is 0 Å². The second-order valence-electron chi connectivity index (χ2n) is 6.15. The van der Waals surface area contributed by atoms with Crippen molar-refractivity contribution in [1.29, 1.82) is 0 Å². The topological polar surface area (TPSA) is 84.7 Å². The number of carbonyl (C=O) groups is 1. The Balaban J connectivity index is 1.47. The minimum atomic E-state index is -0.141. The van der Waals surface area contributed by atoms with Crippen LogP contribution in [0, 0.1) is 6.92 Å². The molecule has 4 rings (SSSR count). The van der Waals surface area contributed by atoms with E-state index >= 15 is 0 Å². The van der Waals surface area contributed by atoms with Crippen LogP contribution in [0.1, 0.15) is 16.2 Å². The highest BCUT2D eigenvalue weighted by Crippen LogP contribution is 2.20. The molecule has 0 aliphatic heterocycles. The molecular formula is C21H18N6O. The smallest absolute Gasteiger partial charge is 0.255 e. The van der Waals surface area contributed by atoms with Gasteiger partial charge in [0, 0.05) is 35.4 Å². The Labute approximate surface area is 162 Å². The Hall–Kier alpha value is -4.00. The van der Waals surface area contributed by atoms with Crippen molar-refractivity contribution >= 4 is 23.1 Å². The van der Waals surface area contributed by atoms with E-state index < -0.39 is 0 Å². The van der Waals surface area contributed by atoms with Crippen LogP contribution in [0.5, 0.6) is 0 Å². The van der Waals surface area contributed by atoms with Crippen molar-refractivity contribution in [2.24, 2.45) is 0 Å². The molecule has 0 radical (unpaired) electrons. The highest BCUT2D eigenvalue weighted by atomic mass is 16.1. The van der Waals surface area contributed by atoms with Crippen LogP contribution in [0.3, 0.4) is 0 Å². The SMILES string of the molecule is Cc1nc(Nc2ccc(NC(=O)c3ccccc3)cc2)cc(-n2ccnc2)n1. The summed E-state index contributed by atoms with van der Waals surface area (Å²) in [5.41, 5.74) is 2.19. The van der Waals surface area contributed by atoms with E-state index in [-0.39, 0.29) is 5.91 Å². The molecule has 7 heteroatoms. The van der Waals surface area contributed by atoms with Gasteiger partial charge in [-0.2, -0.15) is 0 Å². The number of hydrogen-bond acceptors (Lipinski definition) is 5. The van der Waals surface area contributed by atoms with E-state index in [9.17, 15) is 4.79 Å². The maximum Gasteiger partial charge on any atom is 0.255 e. The van der Waals surface area contributed by atoms with Crippen LogP contribution >= 0.6 is 0 Å². The summed E-state index contributed by atoms with van der Waals surface area (Å²) >= 11 is 0. The largest absolute Gasteiger partial charge is 0.340 e. The molecule has 28 heavy (non-hydrogen) atoms. The molecule has 138 valence electrons. The molecule has 0 fully saturated rings. The van der Waals surface area contributed by atoms with Crippen LogP contribution in [0.2, 0.25) is 0 Å². The van der Waals surface area contributed by atoms with Gasteiger partial charge in [-0.05, 0) is 43.3 Å². The first-order valence-electron chi connectivity index (χ1n) is 8.75. The zero-order chi connectivity index (χ0) is 19.3. The third-order valence-electron chi connectivity index (χ3n) is 4.04. The van der Waals surface area contributed by atoms with Crippen LogP contribution in [-0.4, -0.2) is 25.4 Å². The van der Waals surface area contributed by atoms with E-state index in [0.29, 0.717) is 17.2 Å². The predicted octanol–water partition coefficient (Wildman–Crippen LogP) is 3.97. The monoisotopic (exact) mass is 370 g/mol. The third-order valence-corrected chi connectivity index (χ3v) is 4.04. The number of anilines is 3. The van der Waals surface area contributed by atoms with Crippen LogP contribution < -0.4 is 10.6 Å². The highest BCUT2D eigenvalue weighted by molar-refractivity contribution is 6.04. The fraction of sp³-hybridized carbons (Fsp3) is 0.0476. The van der Waals surface area contributed by atoms with Crippen LogP contribution in [0.4, 0.5) is 17.2 Å². The van der Waals surface area contributed by atoms with Crippen LogP contribution in [0.15, 0.2) is 79.4 Å². The second kappa shape index (κ2) is 7.71. The van der Waals surface area contributed by atoms with Gasteiger partial charge in [0.05, 0.1) is 0 Å². The Morgan fingerprint density at radius 2 is 1.71 bits per heavy atom. The molecule has 0 bridgehead atoms. The molecule has 4 aromatic rings. The molecule has 2 N–H and O–H groups in total. The average molecular weight is 370 g/mol. The van der Waals surface area contributed by atoms with Gasteiger partial charge in [-0.3, -0.25) is 9.36 Å². The maximum atomic E-state index is 12.2. The standard InChI is InChI=1S/C21H18N6O/c1-15-23-19(13-20(24-15)27-12-11-22-14-27)25-17-7-9-18(10-8-17)26-21(28)16-5-3-2-4-6-16/h2-14H,1H3,(H,26,28)(H,23,24,25). The van der Waals surface area contributed by atoms with Gasteiger partial charge in [0.1, 0.15) is 23.8 Å². The first-order valence-corrected chi connectivity index (χ1v) is 8.75. The Kier molecular flexibility index (Phi) is 4.79. The van der Waals surface area contributed by atoms with Crippen molar-refractivity contribution < 1.29 is 4.79 Å². The first kappa shape index (κ1) is 17.4. The number of hydrogen-bond donors (Lipinski definition) is 2. The van der Waals surface area contributed by atoms with E-state index in [0.717, 1.165) is 17.2 Å². The van der Waals surface area contributed by atoms with E-state index in [4.69, 9.17) is 0 Å². The lowest BCUT2D eigenvalue weighted by Crippen LogP contribution is -2.11. The third kappa shape index (κ3) is 4.04. The average Bonchev–Trinajstić information content (AvgIpc) is 3.25. The lowest BCUT2D eigenvalue weighted by Gasteiger charge is -2.10. The molecule has 2 heterocycles. The number of carbonyl (C=O) groups excluding carboxylic acids is 1. The van der Waals surface area contributed by atoms with E-state index in [2.05, 4.69) is 25.6 Å².